The van der Waals surface area contributed by atoms with Crippen molar-refractivity contribution in [3.8, 4) is 0 Å². The van der Waals surface area contributed by atoms with Crippen LogP contribution in [0.15, 0.2) is 78.9 Å². The zero-order chi connectivity index (χ0) is 26.0. The Bertz CT molecular complexity index is 1130. The summed E-state index contributed by atoms with van der Waals surface area (Å²) >= 11 is 0. The van der Waals surface area contributed by atoms with E-state index in [0.717, 1.165) is 11.1 Å². The molecule has 0 atom stereocenters. The molecule has 0 aliphatic rings. The van der Waals surface area contributed by atoms with Gasteiger partial charge in [-0.25, -0.2) is 0 Å². The van der Waals surface area contributed by atoms with Crippen LogP contribution in [0.25, 0.3) is 0 Å². The fraction of sp³-hybridized carbons (Fsp3) is 0.344. The third kappa shape index (κ3) is 5.19. The molecule has 3 heteroatoms. The molecule has 35 heavy (non-hydrogen) atoms. The first-order valence-corrected chi connectivity index (χ1v) is 12.2. The average molecular weight is 469 g/mol. The molecule has 0 aromatic heterocycles. The number of carbonyl (C=O) groups is 3. The van der Waals surface area contributed by atoms with Crippen molar-refractivity contribution in [3.05, 3.63) is 107 Å². The lowest BCUT2D eigenvalue weighted by Crippen LogP contribution is -2.37. The molecule has 3 aromatic rings. The van der Waals surface area contributed by atoms with Crippen LogP contribution in [0.2, 0.25) is 0 Å². The standard InChI is InChI=1S/C32H36O3/c1-8-32(29(35)22-12-10-9-11-13-22,25-18-14-23(15-19-25)27(33)30(2,3)4)26-20-16-24(17-21-26)28(34)31(5,6)7/h9-21H,8H2,1-7H3. The molecule has 0 fully saturated rings. The van der Waals surface area contributed by atoms with E-state index in [-0.39, 0.29) is 17.3 Å². The predicted octanol–water partition coefficient (Wildman–Crippen LogP) is 7.72. The van der Waals surface area contributed by atoms with Gasteiger partial charge in [0.15, 0.2) is 17.3 Å². The van der Waals surface area contributed by atoms with Crippen LogP contribution in [0, 0.1) is 10.8 Å². The normalized spacial score (nSPS) is 12.3. The molecule has 182 valence electrons. The topological polar surface area (TPSA) is 51.2 Å². The second-order valence-electron chi connectivity index (χ2n) is 11.3. The summed E-state index contributed by atoms with van der Waals surface area (Å²) in [5.41, 5.74) is 1.61. The Labute approximate surface area is 209 Å². The van der Waals surface area contributed by atoms with Crippen molar-refractivity contribution < 1.29 is 14.4 Å². The van der Waals surface area contributed by atoms with Crippen LogP contribution in [-0.2, 0) is 5.41 Å². The lowest BCUT2D eigenvalue weighted by Gasteiger charge is -2.33. The van der Waals surface area contributed by atoms with E-state index in [4.69, 9.17) is 0 Å². The summed E-state index contributed by atoms with van der Waals surface area (Å²) in [6.45, 7) is 13.4. The summed E-state index contributed by atoms with van der Waals surface area (Å²) in [5, 5.41) is 0. The third-order valence-electron chi connectivity index (χ3n) is 6.60. The van der Waals surface area contributed by atoms with E-state index in [1.807, 2.05) is 127 Å². The lowest BCUT2D eigenvalue weighted by molar-refractivity contribution is 0.0852. The van der Waals surface area contributed by atoms with Gasteiger partial charge in [0.05, 0.1) is 5.41 Å². The van der Waals surface area contributed by atoms with Crippen LogP contribution in [-0.4, -0.2) is 17.3 Å². The van der Waals surface area contributed by atoms with Gasteiger partial charge < -0.3 is 0 Å². The van der Waals surface area contributed by atoms with Crippen molar-refractivity contribution in [2.75, 3.05) is 0 Å². The fourth-order valence-corrected chi connectivity index (χ4v) is 4.51. The van der Waals surface area contributed by atoms with Gasteiger partial charge in [-0.3, -0.25) is 14.4 Å². The molecule has 0 heterocycles. The van der Waals surface area contributed by atoms with Gasteiger partial charge >= 0.3 is 0 Å². The lowest BCUT2D eigenvalue weighted by atomic mass is 9.67. The molecule has 0 radical (unpaired) electrons. The molecule has 0 N–H and O–H groups in total. The van der Waals surface area contributed by atoms with Crippen molar-refractivity contribution in [2.45, 2.75) is 60.3 Å². The summed E-state index contributed by atoms with van der Waals surface area (Å²) < 4.78 is 0. The Balaban J connectivity index is 2.17. The van der Waals surface area contributed by atoms with E-state index >= 15 is 0 Å². The van der Waals surface area contributed by atoms with E-state index in [1.54, 1.807) is 0 Å². The van der Waals surface area contributed by atoms with E-state index in [2.05, 4.69) is 0 Å². The number of benzene rings is 3. The van der Waals surface area contributed by atoms with Crippen LogP contribution in [0.1, 0.15) is 97.1 Å². The SMILES string of the molecule is CCC(C(=O)c1ccccc1)(c1ccc(C(=O)C(C)(C)C)cc1)c1ccc(C(=O)C(C)(C)C)cc1. The quantitative estimate of drug-likeness (QED) is 0.333. The molecule has 3 aromatic carbocycles. The highest BCUT2D eigenvalue weighted by Gasteiger charge is 2.41. The van der Waals surface area contributed by atoms with Crippen molar-refractivity contribution in [1.82, 2.24) is 0 Å². The van der Waals surface area contributed by atoms with Crippen LogP contribution < -0.4 is 0 Å². The molecule has 0 bridgehead atoms. The zero-order valence-corrected chi connectivity index (χ0v) is 21.9. The smallest absolute Gasteiger partial charge is 0.177 e. The van der Waals surface area contributed by atoms with Crippen LogP contribution >= 0.6 is 0 Å². The highest BCUT2D eigenvalue weighted by Crippen LogP contribution is 2.40. The first-order valence-electron chi connectivity index (χ1n) is 12.2. The van der Waals surface area contributed by atoms with Gasteiger partial charge in [0.2, 0.25) is 0 Å². The van der Waals surface area contributed by atoms with Gasteiger partial charge in [-0.05, 0) is 17.5 Å². The second kappa shape index (κ2) is 9.73. The van der Waals surface area contributed by atoms with Gasteiger partial charge in [-0.1, -0.05) is 127 Å². The van der Waals surface area contributed by atoms with Gasteiger partial charge in [0.25, 0.3) is 0 Å². The van der Waals surface area contributed by atoms with Gasteiger partial charge in [0, 0.05) is 27.5 Å². The Morgan fingerprint density at radius 3 is 1.17 bits per heavy atom. The van der Waals surface area contributed by atoms with E-state index in [1.165, 1.54) is 0 Å². The fourth-order valence-electron chi connectivity index (χ4n) is 4.51. The number of carbonyl (C=O) groups excluding carboxylic acids is 3. The third-order valence-corrected chi connectivity index (χ3v) is 6.60. The summed E-state index contributed by atoms with van der Waals surface area (Å²) in [7, 11) is 0. The molecule has 0 aliphatic heterocycles. The Morgan fingerprint density at radius 2 is 0.857 bits per heavy atom. The molecule has 3 rings (SSSR count). The maximum atomic E-state index is 14.1. The van der Waals surface area contributed by atoms with Crippen molar-refractivity contribution in [2.24, 2.45) is 10.8 Å². The van der Waals surface area contributed by atoms with Gasteiger partial charge in [-0.2, -0.15) is 0 Å². The van der Waals surface area contributed by atoms with Crippen LogP contribution in [0.5, 0.6) is 0 Å². The summed E-state index contributed by atoms with van der Waals surface area (Å²) in [4.78, 5) is 39.7. The summed E-state index contributed by atoms with van der Waals surface area (Å²) in [6, 6.07) is 24.2. The molecule has 0 saturated heterocycles. The van der Waals surface area contributed by atoms with Crippen molar-refractivity contribution in [1.29, 1.82) is 0 Å². The Hall–Kier alpha value is -3.33. The van der Waals surface area contributed by atoms with E-state index in [9.17, 15) is 14.4 Å². The van der Waals surface area contributed by atoms with Crippen molar-refractivity contribution >= 4 is 17.3 Å². The number of hydrogen-bond acceptors (Lipinski definition) is 3. The average Bonchev–Trinajstić information content (AvgIpc) is 2.84. The minimum Gasteiger partial charge on any atom is -0.294 e. The number of hydrogen-bond donors (Lipinski definition) is 0. The van der Waals surface area contributed by atoms with Gasteiger partial charge in [-0.15, -0.1) is 0 Å². The molecule has 0 amide bonds. The van der Waals surface area contributed by atoms with E-state index < -0.39 is 16.2 Å². The molecule has 0 unspecified atom stereocenters. The monoisotopic (exact) mass is 468 g/mol. The van der Waals surface area contributed by atoms with Crippen molar-refractivity contribution in [3.63, 3.8) is 0 Å². The number of Topliss-reactive ketones (excluding diaryl/α,β-unsaturated/α-hetero) is 3. The first-order chi connectivity index (χ1) is 16.3. The van der Waals surface area contributed by atoms with E-state index in [0.29, 0.717) is 23.1 Å². The molecular weight excluding hydrogens is 432 g/mol. The highest BCUT2D eigenvalue weighted by atomic mass is 16.1. The number of ketones is 3. The first kappa shape index (κ1) is 26.3. The molecule has 0 aliphatic carbocycles. The highest BCUT2D eigenvalue weighted by molar-refractivity contribution is 6.07. The maximum absolute atomic E-state index is 14.1. The maximum Gasteiger partial charge on any atom is 0.177 e. The summed E-state index contributed by atoms with van der Waals surface area (Å²) in [5.74, 6) is 0.113. The number of rotatable bonds is 7. The van der Waals surface area contributed by atoms with Crippen LogP contribution in [0.3, 0.4) is 0 Å². The Morgan fingerprint density at radius 1 is 0.514 bits per heavy atom. The molecule has 0 spiro atoms. The summed E-state index contributed by atoms with van der Waals surface area (Å²) in [6.07, 6.45) is 0.528. The molecule has 0 saturated carbocycles. The van der Waals surface area contributed by atoms with Crippen LogP contribution in [0.4, 0.5) is 0 Å². The largest absolute Gasteiger partial charge is 0.294 e. The predicted molar refractivity (Wildman–Crippen MR) is 142 cm³/mol. The minimum atomic E-state index is -0.950. The Kier molecular flexibility index (Phi) is 7.31. The minimum absolute atomic E-state index is 0.00889. The van der Waals surface area contributed by atoms with Gasteiger partial charge in [0.1, 0.15) is 0 Å². The zero-order valence-electron chi connectivity index (χ0n) is 21.9. The molecular formula is C32H36O3. The molecule has 3 nitrogen and oxygen atoms in total. The second-order valence-corrected chi connectivity index (χ2v) is 11.3.